The van der Waals surface area contributed by atoms with Crippen molar-refractivity contribution in [3.8, 4) is 0 Å². The Morgan fingerprint density at radius 2 is 1.46 bits per heavy atom. The number of alkyl halides is 6. The van der Waals surface area contributed by atoms with Gasteiger partial charge in [-0.25, -0.2) is 4.79 Å². The van der Waals surface area contributed by atoms with E-state index in [0.717, 1.165) is 9.80 Å². The van der Waals surface area contributed by atoms with Gasteiger partial charge in [-0.3, -0.25) is 14.5 Å². The molecule has 13 heteroatoms. The van der Waals surface area contributed by atoms with E-state index in [-0.39, 0.29) is 17.5 Å². The van der Waals surface area contributed by atoms with Crippen LogP contribution >= 0.6 is 0 Å². The van der Waals surface area contributed by atoms with Gasteiger partial charge in [0.25, 0.3) is 5.91 Å². The third-order valence-electron chi connectivity index (χ3n) is 5.47. The van der Waals surface area contributed by atoms with Crippen molar-refractivity contribution in [1.29, 1.82) is 0 Å². The average molecular weight is 557 g/mol. The quantitative estimate of drug-likeness (QED) is 0.510. The molecule has 0 spiro atoms. The van der Waals surface area contributed by atoms with Crippen LogP contribution < -0.4 is 5.32 Å². The number of ether oxygens (including phenoxy) is 1. The maximum atomic E-state index is 13.3. The fourth-order valence-electron chi connectivity index (χ4n) is 3.74. The number of nitrogens with one attached hydrogen (secondary N) is 1. The maximum absolute atomic E-state index is 13.3. The SMILES string of the molecule is CN1C(=O)CN(C(=O)OC(C)(C)C)C(c2ccccc2)=C1C(=O)NCc1cc(C(F)(F)F)cc(C(F)(F)F)c1. The average Bonchev–Trinajstić information content (AvgIpc) is 2.82. The van der Waals surface area contributed by atoms with E-state index < -0.39 is 65.6 Å². The molecule has 0 unspecified atom stereocenters. The van der Waals surface area contributed by atoms with Crippen LogP contribution in [0.25, 0.3) is 5.70 Å². The molecule has 1 N–H and O–H groups in total. The molecule has 2 aromatic carbocycles. The van der Waals surface area contributed by atoms with Crippen LogP contribution in [0.15, 0.2) is 54.2 Å². The number of likely N-dealkylation sites (N-methyl/N-ethyl adjacent to an activating group) is 1. The summed E-state index contributed by atoms with van der Waals surface area (Å²) in [5.41, 5.74) is -4.52. The number of hydrogen-bond donors (Lipinski definition) is 1. The lowest BCUT2D eigenvalue weighted by Gasteiger charge is -2.36. The second kappa shape index (κ2) is 10.6. The van der Waals surface area contributed by atoms with Crippen molar-refractivity contribution >= 4 is 23.6 Å². The molecule has 0 saturated heterocycles. The predicted molar refractivity (Wildman–Crippen MR) is 127 cm³/mol. The molecule has 210 valence electrons. The number of hydrogen-bond acceptors (Lipinski definition) is 4. The molecule has 0 aliphatic carbocycles. The number of halogens is 6. The molecule has 0 aromatic heterocycles. The van der Waals surface area contributed by atoms with Crippen molar-refractivity contribution in [2.45, 2.75) is 45.3 Å². The molecule has 0 bridgehead atoms. The van der Waals surface area contributed by atoms with Crippen molar-refractivity contribution in [3.63, 3.8) is 0 Å². The molecular weight excluding hydrogens is 532 g/mol. The van der Waals surface area contributed by atoms with Gasteiger partial charge in [-0.2, -0.15) is 26.3 Å². The zero-order chi connectivity index (χ0) is 29.3. The van der Waals surface area contributed by atoms with Crippen LogP contribution in [0, 0.1) is 0 Å². The number of rotatable bonds is 4. The van der Waals surface area contributed by atoms with Gasteiger partial charge in [0, 0.05) is 19.2 Å². The molecule has 0 atom stereocenters. The van der Waals surface area contributed by atoms with E-state index in [0.29, 0.717) is 17.7 Å². The number of carbonyl (C=O) groups is 3. The van der Waals surface area contributed by atoms with E-state index >= 15 is 0 Å². The second-order valence-electron chi connectivity index (χ2n) is 9.68. The molecule has 3 amide bonds. The summed E-state index contributed by atoms with van der Waals surface area (Å²) in [7, 11) is 1.26. The summed E-state index contributed by atoms with van der Waals surface area (Å²) in [6.45, 7) is 3.60. The van der Waals surface area contributed by atoms with Gasteiger partial charge in [0.1, 0.15) is 17.8 Å². The Morgan fingerprint density at radius 1 is 0.923 bits per heavy atom. The molecule has 0 radical (unpaired) electrons. The summed E-state index contributed by atoms with van der Waals surface area (Å²) >= 11 is 0. The summed E-state index contributed by atoms with van der Waals surface area (Å²) in [4.78, 5) is 41.0. The van der Waals surface area contributed by atoms with Crippen molar-refractivity contribution in [2.75, 3.05) is 13.6 Å². The topological polar surface area (TPSA) is 79.0 Å². The van der Waals surface area contributed by atoms with Crippen LogP contribution in [0.3, 0.4) is 0 Å². The van der Waals surface area contributed by atoms with Crippen LogP contribution in [-0.4, -0.2) is 46.9 Å². The Morgan fingerprint density at radius 3 is 1.95 bits per heavy atom. The van der Waals surface area contributed by atoms with Gasteiger partial charge in [0.15, 0.2) is 0 Å². The monoisotopic (exact) mass is 557 g/mol. The van der Waals surface area contributed by atoms with Crippen molar-refractivity contribution in [1.82, 2.24) is 15.1 Å². The number of carbonyl (C=O) groups excluding carboxylic acids is 3. The normalized spacial score (nSPS) is 15.0. The van der Waals surface area contributed by atoms with Gasteiger partial charge in [-0.1, -0.05) is 30.3 Å². The molecule has 1 aliphatic heterocycles. The third kappa shape index (κ3) is 7.09. The Hall–Kier alpha value is -4.03. The Balaban J connectivity index is 2.06. The Labute approximate surface area is 220 Å². The Bertz CT molecular complexity index is 1270. The fraction of sp³-hybridized carbons (Fsp3) is 0.346. The van der Waals surface area contributed by atoms with Crippen LogP contribution in [0.2, 0.25) is 0 Å². The van der Waals surface area contributed by atoms with E-state index in [1.807, 2.05) is 0 Å². The minimum atomic E-state index is -5.06. The second-order valence-corrected chi connectivity index (χ2v) is 9.68. The highest BCUT2D eigenvalue weighted by molar-refractivity contribution is 6.08. The first-order chi connectivity index (χ1) is 17.9. The number of nitrogens with zero attached hydrogens (tertiary/aromatic N) is 2. The van der Waals surface area contributed by atoms with Crippen molar-refractivity contribution < 1.29 is 45.5 Å². The van der Waals surface area contributed by atoms with Gasteiger partial charge < -0.3 is 15.0 Å². The number of amides is 3. The molecule has 39 heavy (non-hydrogen) atoms. The molecule has 7 nitrogen and oxygen atoms in total. The molecule has 0 saturated carbocycles. The van der Waals surface area contributed by atoms with Gasteiger partial charge in [0.05, 0.1) is 16.8 Å². The molecule has 1 heterocycles. The lowest BCUT2D eigenvalue weighted by Crippen LogP contribution is -2.50. The molecular formula is C26H25F6N3O4. The first kappa shape index (κ1) is 29.5. The minimum Gasteiger partial charge on any atom is -0.443 e. The highest BCUT2D eigenvalue weighted by Gasteiger charge is 2.40. The standard InChI is InChI=1S/C26H25F6N3O4/c1-24(2,3)39-23(38)35-14-19(36)34(4)21(20(35)16-8-6-5-7-9-16)22(37)33-13-15-10-17(25(27,28)29)12-18(11-15)26(30,31)32/h5-12H,13-14H2,1-4H3,(H,33,37). The van der Waals surface area contributed by atoms with Crippen LogP contribution in [0.1, 0.15) is 43.0 Å². The highest BCUT2D eigenvalue weighted by Crippen LogP contribution is 2.36. The molecule has 0 fully saturated rings. The van der Waals surface area contributed by atoms with Crippen LogP contribution in [0.5, 0.6) is 0 Å². The minimum absolute atomic E-state index is 0.0202. The molecule has 1 aliphatic rings. The van der Waals surface area contributed by atoms with E-state index in [2.05, 4.69) is 5.32 Å². The predicted octanol–water partition coefficient (Wildman–Crippen LogP) is 5.42. The molecule has 3 rings (SSSR count). The lowest BCUT2D eigenvalue weighted by atomic mass is 10.0. The first-order valence-electron chi connectivity index (χ1n) is 11.5. The Kier molecular flexibility index (Phi) is 8.04. The zero-order valence-corrected chi connectivity index (χ0v) is 21.3. The van der Waals surface area contributed by atoms with Crippen LogP contribution in [-0.2, 0) is 33.2 Å². The van der Waals surface area contributed by atoms with Crippen molar-refractivity contribution in [2.24, 2.45) is 0 Å². The van der Waals surface area contributed by atoms with Gasteiger partial charge >= 0.3 is 18.4 Å². The van der Waals surface area contributed by atoms with Crippen LogP contribution in [0.4, 0.5) is 31.1 Å². The largest absolute Gasteiger partial charge is 0.443 e. The maximum Gasteiger partial charge on any atom is 0.416 e. The summed E-state index contributed by atoms with van der Waals surface area (Å²) in [5.74, 6) is -1.69. The first-order valence-corrected chi connectivity index (χ1v) is 11.5. The van der Waals surface area contributed by atoms with Gasteiger partial charge in [-0.05, 0) is 44.5 Å². The van der Waals surface area contributed by atoms with E-state index in [4.69, 9.17) is 4.74 Å². The lowest BCUT2D eigenvalue weighted by molar-refractivity contribution is -0.143. The molecule has 2 aromatic rings. The van der Waals surface area contributed by atoms with E-state index in [9.17, 15) is 40.7 Å². The summed E-state index contributed by atoms with van der Waals surface area (Å²) in [6, 6.07) is 8.98. The number of benzene rings is 2. The van der Waals surface area contributed by atoms with E-state index in [1.54, 1.807) is 51.1 Å². The summed E-state index contributed by atoms with van der Waals surface area (Å²) in [5, 5.41) is 2.28. The zero-order valence-electron chi connectivity index (χ0n) is 21.3. The summed E-state index contributed by atoms with van der Waals surface area (Å²) < 4.78 is 84.8. The fourth-order valence-corrected chi connectivity index (χ4v) is 3.74. The third-order valence-corrected chi connectivity index (χ3v) is 5.47. The highest BCUT2D eigenvalue weighted by atomic mass is 19.4. The van der Waals surface area contributed by atoms with Gasteiger partial charge in [0.2, 0.25) is 5.91 Å². The van der Waals surface area contributed by atoms with Gasteiger partial charge in [-0.15, -0.1) is 0 Å². The summed E-state index contributed by atoms with van der Waals surface area (Å²) in [6.07, 6.45) is -11.1. The van der Waals surface area contributed by atoms with E-state index in [1.165, 1.54) is 7.05 Å². The van der Waals surface area contributed by atoms with Crippen molar-refractivity contribution in [3.05, 3.63) is 76.5 Å². The smallest absolute Gasteiger partial charge is 0.416 e.